The van der Waals surface area contributed by atoms with Crippen molar-refractivity contribution < 1.29 is 12.8 Å². The first-order chi connectivity index (χ1) is 9.55. The van der Waals surface area contributed by atoms with Crippen molar-refractivity contribution in [2.45, 2.75) is 32.6 Å². The van der Waals surface area contributed by atoms with Gasteiger partial charge in [-0.15, -0.1) is 0 Å². The highest BCUT2D eigenvalue weighted by Crippen LogP contribution is 2.28. The van der Waals surface area contributed by atoms with Gasteiger partial charge in [-0.25, -0.2) is 12.8 Å². The lowest BCUT2D eigenvalue weighted by molar-refractivity contribution is 0.332. The molecule has 0 unspecified atom stereocenters. The monoisotopic (exact) mass is 380 g/mol. The molecular formula is C14H22BrFN2O2S. The first kappa shape index (κ1) is 18.4. The molecule has 2 N–H and O–H groups in total. The Balaban J connectivity index is 3.31. The number of sulfonamides is 1. The highest BCUT2D eigenvalue weighted by atomic mass is 79.9. The minimum atomic E-state index is -3.90. The fourth-order valence-corrected chi connectivity index (χ4v) is 4.13. The van der Waals surface area contributed by atoms with Gasteiger partial charge in [0.2, 0.25) is 10.0 Å². The van der Waals surface area contributed by atoms with Gasteiger partial charge in [0.1, 0.15) is 10.7 Å². The van der Waals surface area contributed by atoms with Crippen molar-refractivity contribution in [2.24, 2.45) is 11.8 Å². The maximum atomic E-state index is 14.1. The van der Waals surface area contributed by atoms with Crippen LogP contribution in [0.1, 0.15) is 27.7 Å². The highest BCUT2D eigenvalue weighted by molar-refractivity contribution is 9.10. The van der Waals surface area contributed by atoms with Crippen LogP contribution in [-0.2, 0) is 10.0 Å². The fraction of sp³-hybridized carbons (Fsp3) is 0.571. The summed E-state index contributed by atoms with van der Waals surface area (Å²) >= 11 is 3.09. The first-order valence-corrected chi connectivity index (χ1v) is 9.03. The largest absolute Gasteiger partial charge is 0.398 e. The zero-order valence-corrected chi connectivity index (χ0v) is 15.1. The van der Waals surface area contributed by atoms with Crippen LogP contribution in [0.2, 0.25) is 0 Å². The molecule has 120 valence electrons. The Labute approximate surface area is 134 Å². The summed E-state index contributed by atoms with van der Waals surface area (Å²) in [4.78, 5) is -0.371. The molecule has 0 heterocycles. The van der Waals surface area contributed by atoms with Crippen molar-refractivity contribution in [2.75, 3.05) is 18.8 Å². The van der Waals surface area contributed by atoms with Gasteiger partial charge in [-0.1, -0.05) is 27.7 Å². The lowest BCUT2D eigenvalue weighted by Gasteiger charge is -2.26. The molecular weight excluding hydrogens is 359 g/mol. The Hall–Kier alpha value is -0.660. The molecule has 0 aromatic heterocycles. The van der Waals surface area contributed by atoms with Gasteiger partial charge in [-0.2, -0.15) is 4.31 Å². The van der Waals surface area contributed by atoms with Gasteiger partial charge in [-0.3, -0.25) is 0 Å². The molecule has 1 aromatic carbocycles. The van der Waals surface area contributed by atoms with Crippen LogP contribution in [0.25, 0.3) is 0 Å². The van der Waals surface area contributed by atoms with Crippen LogP contribution in [-0.4, -0.2) is 25.8 Å². The Morgan fingerprint density at radius 2 is 1.67 bits per heavy atom. The first-order valence-electron chi connectivity index (χ1n) is 6.80. The summed E-state index contributed by atoms with van der Waals surface area (Å²) in [5, 5.41) is 0. The van der Waals surface area contributed by atoms with Crippen LogP contribution in [0, 0.1) is 17.7 Å². The van der Waals surface area contributed by atoms with Crippen LogP contribution in [0.5, 0.6) is 0 Å². The van der Waals surface area contributed by atoms with Crippen molar-refractivity contribution in [1.29, 1.82) is 0 Å². The molecule has 0 fully saturated rings. The minimum Gasteiger partial charge on any atom is -0.398 e. The van der Waals surface area contributed by atoms with E-state index in [1.807, 2.05) is 27.7 Å². The Morgan fingerprint density at radius 1 is 1.19 bits per heavy atom. The van der Waals surface area contributed by atoms with E-state index >= 15 is 0 Å². The normalized spacial score (nSPS) is 12.6. The Morgan fingerprint density at radius 3 is 2.10 bits per heavy atom. The third kappa shape index (κ3) is 4.66. The summed E-state index contributed by atoms with van der Waals surface area (Å²) in [6.07, 6.45) is 0. The number of anilines is 1. The van der Waals surface area contributed by atoms with Gasteiger partial charge >= 0.3 is 0 Å². The smallest absolute Gasteiger partial charge is 0.246 e. The van der Waals surface area contributed by atoms with Crippen LogP contribution in [0.15, 0.2) is 21.5 Å². The van der Waals surface area contributed by atoms with Crippen molar-refractivity contribution in [3.05, 3.63) is 22.4 Å². The molecule has 0 spiro atoms. The van der Waals surface area contributed by atoms with E-state index in [2.05, 4.69) is 15.9 Å². The molecule has 0 saturated carbocycles. The second kappa shape index (κ2) is 7.07. The standard InChI is InChI=1S/C14H22BrFN2O2S/c1-9(2)7-18(8-10(3)4)21(19,20)14-6-13(17)11(15)5-12(14)16/h5-6,9-10H,7-8,17H2,1-4H3. The van der Waals surface area contributed by atoms with E-state index in [1.54, 1.807) is 0 Å². The molecule has 0 aliphatic rings. The van der Waals surface area contributed by atoms with Crippen molar-refractivity contribution >= 4 is 31.6 Å². The second-order valence-corrected chi connectivity index (χ2v) is 8.67. The number of nitrogen functional groups attached to an aromatic ring is 1. The number of benzene rings is 1. The highest BCUT2D eigenvalue weighted by Gasteiger charge is 2.29. The molecule has 0 radical (unpaired) electrons. The topological polar surface area (TPSA) is 63.4 Å². The minimum absolute atomic E-state index is 0.148. The van der Waals surface area contributed by atoms with E-state index in [4.69, 9.17) is 5.73 Å². The molecule has 7 heteroatoms. The number of hydrogen-bond donors (Lipinski definition) is 1. The zero-order chi connectivity index (χ0) is 16.4. The van der Waals surface area contributed by atoms with Crippen LogP contribution in [0.3, 0.4) is 0 Å². The third-order valence-electron chi connectivity index (χ3n) is 2.81. The average Bonchev–Trinajstić information content (AvgIpc) is 2.31. The van der Waals surface area contributed by atoms with E-state index < -0.39 is 15.8 Å². The SMILES string of the molecule is CC(C)CN(CC(C)C)S(=O)(=O)c1cc(N)c(Br)cc1F. The van der Waals surface area contributed by atoms with Gasteiger partial charge in [0, 0.05) is 23.2 Å². The average molecular weight is 381 g/mol. The van der Waals surface area contributed by atoms with Gasteiger partial charge in [-0.05, 0) is 39.9 Å². The van der Waals surface area contributed by atoms with E-state index in [0.29, 0.717) is 17.6 Å². The number of nitrogens with zero attached hydrogens (tertiary/aromatic N) is 1. The van der Waals surface area contributed by atoms with E-state index in [1.165, 1.54) is 10.4 Å². The van der Waals surface area contributed by atoms with Gasteiger partial charge in [0.25, 0.3) is 0 Å². The number of halogens is 2. The van der Waals surface area contributed by atoms with Crippen LogP contribution < -0.4 is 5.73 Å². The predicted octanol–water partition coefficient (Wildman–Crippen LogP) is 3.47. The van der Waals surface area contributed by atoms with Crippen molar-refractivity contribution in [3.63, 3.8) is 0 Å². The van der Waals surface area contributed by atoms with E-state index in [0.717, 1.165) is 6.07 Å². The third-order valence-corrected chi connectivity index (χ3v) is 5.34. The molecule has 0 aliphatic carbocycles. The molecule has 4 nitrogen and oxygen atoms in total. The lowest BCUT2D eigenvalue weighted by Crippen LogP contribution is -2.37. The van der Waals surface area contributed by atoms with Crippen molar-refractivity contribution in [3.8, 4) is 0 Å². The molecule has 0 bridgehead atoms. The predicted molar refractivity (Wildman–Crippen MR) is 86.9 cm³/mol. The molecule has 1 rings (SSSR count). The molecule has 0 amide bonds. The van der Waals surface area contributed by atoms with Crippen LogP contribution in [0.4, 0.5) is 10.1 Å². The lowest BCUT2D eigenvalue weighted by atomic mass is 10.2. The maximum absolute atomic E-state index is 14.1. The van der Waals surface area contributed by atoms with Crippen LogP contribution >= 0.6 is 15.9 Å². The summed E-state index contributed by atoms with van der Waals surface area (Å²) in [5.74, 6) is -0.502. The molecule has 1 aromatic rings. The van der Waals surface area contributed by atoms with E-state index in [-0.39, 0.29) is 22.4 Å². The van der Waals surface area contributed by atoms with Gasteiger partial charge in [0.05, 0.1) is 0 Å². The second-order valence-electron chi connectivity index (χ2n) is 5.91. The van der Waals surface area contributed by atoms with Crippen molar-refractivity contribution in [1.82, 2.24) is 4.31 Å². The zero-order valence-electron chi connectivity index (χ0n) is 12.7. The molecule has 0 aliphatic heterocycles. The number of hydrogen-bond acceptors (Lipinski definition) is 3. The molecule has 0 atom stereocenters. The Kier molecular flexibility index (Phi) is 6.19. The summed E-state index contributed by atoms with van der Waals surface area (Å²) in [6.45, 7) is 8.39. The summed E-state index contributed by atoms with van der Waals surface area (Å²) in [6, 6.07) is 2.26. The molecule has 0 saturated heterocycles. The fourth-order valence-electron chi connectivity index (χ4n) is 1.97. The maximum Gasteiger partial charge on any atom is 0.246 e. The number of rotatable bonds is 6. The summed E-state index contributed by atoms with van der Waals surface area (Å²) in [5.41, 5.74) is 5.89. The summed E-state index contributed by atoms with van der Waals surface area (Å²) in [7, 11) is -3.90. The van der Waals surface area contributed by atoms with Gasteiger partial charge < -0.3 is 5.73 Å². The van der Waals surface area contributed by atoms with Gasteiger partial charge in [0.15, 0.2) is 0 Å². The Bertz CT molecular complexity index is 593. The quantitative estimate of drug-likeness (QED) is 0.768. The van der Waals surface area contributed by atoms with E-state index in [9.17, 15) is 12.8 Å². The number of nitrogens with two attached hydrogens (primary N) is 1. The summed E-state index contributed by atoms with van der Waals surface area (Å²) < 4.78 is 41.1. The molecule has 21 heavy (non-hydrogen) atoms.